The Hall–Kier alpha value is -1.39. The van der Waals surface area contributed by atoms with Gasteiger partial charge in [0.05, 0.1) is 7.11 Å². The molecule has 118 valence electrons. The lowest BCUT2D eigenvalue weighted by Gasteiger charge is -2.34. The minimum Gasteiger partial charge on any atom is -0.467 e. The molecule has 0 radical (unpaired) electrons. The van der Waals surface area contributed by atoms with Gasteiger partial charge in [-0.3, -0.25) is 5.32 Å². The molecule has 1 aromatic rings. The summed E-state index contributed by atoms with van der Waals surface area (Å²) in [5.41, 5.74) is 0.191. The Morgan fingerprint density at radius 3 is 2.43 bits per heavy atom. The van der Waals surface area contributed by atoms with Crippen LogP contribution in [0.3, 0.4) is 0 Å². The van der Waals surface area contributed by atoms with Gasteiger partial charge in [0, 0.05) is 6.54 Å². The third-order valence-electron chi connectivity index (χ3n) is 3.75. The van der Waals surface area contributed by atoms with Gasteiger partial charge in [0.25, 0.3) is 0 Å². The topological polar surface area (TPSA) is 41.6 Å². The van der Waals surface area contributed by atoms with Crippen LogP contribution in [-0.2, 0) is 15.1 Å². The zero-order chi connectivity index (χ0) is 15.7. The Morgan fingerprint density at radius 1 is 1.24 bits per heavy atom. The molecule has 1 N–H and O–H groups in total. The van der Waals surface area contributed by atoms with E-state index in [2.05, 4.69) is 24.2 Å². The van der Waals surface area contributed by atoms with E-state index in [1.54, 1.807) is 0 Å². The highest BCUT2D eigenvalue weighted by Crippen LogP contribution is 2.27. The van der Waals surface area contributed by atoms with E-state index in [0.29, 0.717) is 13.0 Å². The van der Waals surface area contributed by atoms with Crippen LogP contribution in [0.15, 0.2) is 30.3 Å². The molecule has 0 bridgehead atoms. The number of nitrogens with one attached hydrogen (secondary N) is 1. The van der Waals surface area contributed by atoms with Crippen LogP contribution in [0.1, 0.15) is 32.3 Å². The van der Waals surface area contributed by atoms with E-state index in [1.807, 2.05) is 37.3 Å². The summed E-state index contributed by atoms with van der Waals surface area (Å²) in [6, 6.07) is 9.85. The van der Waals surface area contributed by atoms with Crippen LogP contribution in [0.2, 0.25) is 0 Å². The van der Waals surface area contributed by atoms with E-state index in [9.17, 15) is 4.79 Å². The van der Waals surface area contributed by atoms with Gasteiger partial charge >= 0.3 is 5.97 Å². The van der Waals surface area contributed by atoms with Crippen LogP contribution in [0.5, 0.6) is 0 Å². The number of hydrogen-bond donors (Lipinski definition) is 1. The van der Waals surface area contributed by atoms with Crippen molar-refractivity contribution >= 4 is 5.97 Å². The molecule has 0 spiro atoms. The van der Waals surface area contributed by atoms with Crippen LogP contribution in [0, 0.1) is 0 Å². The molecule has 1 atom stereocenters. The molecule has 21 heavy (non-hydrogen) atoms. The second-order valence-corrected chi connectivity index (χ2v) is 5.35. The van der Waals surface area contributed by atoms with Crippen molar-refractivity contribution in [1.82, 2.24) is 10.2 Å². The summed E-state index contributed by atoms with van der Waals surface area (Å²) in [7, 11) is 3.54. The van der Waals surface area contributed by atoms with E-state index >= 15 is 0 Å². The summed E-state index contributed by atoms with van der Waals surface area (Å²) in [6.07, 6.45) is 1.79. The van der Waals surface area contributed by atoms with Crippen LogP contribution >= 0.6 is 0 Å². The summed E-state index contributed by atoms with van der Waals surface area (Å²) < 4.78 is 5.10. The minimum absolute atomic E-state index is 0.222. The second kappa shape index (κ2) is 8.80. The lowest BCUT2D eigenvalue weighted by molar-refractivity contribution is -0.149. The number of hydrogen-bond acceptors (Lipinski definition) is 4. The maximum Gasteiger partial charge on any atom is 0.330 e. The molecule has 4 nitrogen and oxygen atoms in total. The third-order valence-corrected chi connectivity index (χ3v) is 3.75. The first-order valence-electron chi connectivity index (χ1n) is 7.68. The van der Waals surface area contributed by atoms with Crippen LogP contribution < -0.4 is 5.32 Å². The monoisotopic (exact) mass is 292 g/mol. The molecule has 1 aromatic carbocycles. The summed E-state index contributed by atoms with van der Waals surface area (Å²) in [5.74, 6) is -0.222. The number of methoxy groups -OCH3 is 1. The molecule has 1 unspecified atom stereocenters. The summed E-state index contributed by atoms with van der Waals surface area (Å²) in [6.45, 7) is 6.74. The number of esters is 1. The third kappa shape index (κ3) is 4.55. The van der Waals surface area contributed by atoms with Crippen molar-refractivity contribution < 1.29 is 9.53 Å². The number of benzene rings is 1. The lowest BCUT2D eigenvalue weighted by atomic mass is 9.86. The van der Waals surface area contributed by atoms with Gasteiger partial charge in [-0.25, -0.2) is 4.79 Å². The van der Waals surface area contributed by atoms with Gasteiger partial charge in [-0.2, -0.15) is 0 Å². The molecule has 0 aliphatic rings. The Bertz CT molecular complexity index is 422. The molecular weight excluding hydrogens is 264 g/mol. The van der Waals surface area contributed by atoms with Crippen molar-refractivity contribution in [2.75, 3.05) is 33.8 Å². The lowest BCUT2D eigenvalue weighted by Crippen LogP contribution is -2.51. The molecule has 0 aliphatic heterocycles. The van der Waals surface area contributed by atoms with Gasteiger partial charge in [-0.1, -0.05) is 44.2 Å². The molecule has 0 aliphatic carbocycles. The minimum atomic E-state index is -0.771. The van der Waals surface area contributed by atoms with Gasteiger partial charge in [-0.05, 0) is 38.5 Å². The first-order valence-corrected chi connectivity index (χ1v) is 7.68. The van der Waals surface area contributed by atoms with Crippen molar-refractivity contribution in [2.45, 2.75) is 32.2 Å². The van der Waals surface area contributed by atoms with Crippen molar-refractivity contribution in [3.05, 3.63) is 35.9 Å². The maximum absolute atomic E-state index is 12.5. The largest absolute Gasteiger partial charge is 0.467 e. The molecule has 0 amide bonds. The van der Waals surface area contributed by atoms with Crippen molar-refractivity contribution in [2.24, 2.45) is 0 Å². The van der Waals surface area contributed by atoms with Gasteiger partial charge in [-0.15, -0.1) is 0 Å². The number of ether oxygens (including phenoxy) is 1. The second-order valence-electron chi connectivity index (χ2n) is 5.35. The predicted molar refractivity (Wildman–Crippen MR) is 86.2 cm³/mol. The van der Waals surface area contributed by atoms with E-state index in [4.69, 9.17) is 4.74 Å². The zero-order valence-corrected chi connectivity index (χ0v) is 13.7. The molecule has 0 saturated heterocycles. The van der Waals surface area contributed by atoms with E-state index in [0.717, 1.165) is 25.1 Å². The van der Waals surface area contributed by atoms with E-state index < -0.39 is 5.54 Å². The standard InChI is InChI=1S/C17H28N2O2/c1-5-13-19(3)14-12-17(18-6-2,16(20)21-4)15-10-8-7-9-11-15/h7-11,18H,5-6,12-14H2,1-4H3. The first-order chi connectivity index (χ1) is 10.1. The number of carbonyl (C=O) groups is 1. The number of nitrogens with zero attached hydrogens (tertiary/aromatic N) is 1. The van der Waals surface area contributed by atoms with Crippen molar-refractivity contribution in [3.63, 3.8) is 0 Å². The van der Waals surface area contributed by atoms with Gasteiger partial charge < -0.3 is 9.64 Å². The summed E-state index contributed by atoms with van der Waals surface area (Å²) in [5, 5.41) is 3.36. The van der Waals surface area contributed by atoms with Crippen molar-refractivity contribution in [1.29, 1.82) is 0 Å². The SMILES string of the molecule is CCCN(C)CCC(NCC)(C(=O)OC)c1ccccc1. The average Bonchev–Trinajstić information content (AvgIpc) is 2.52. The Balaban J connectivity index is 3.04. The fraction of sp³-hybridized carbons (Fsp3) is 0.588. The van der Waals surface area contributed by atoms with Crippen LogP contribution in [-0.4, -0.2) is 44.7 Å². The fourth-order valence-corrected chi connectivity index (χ4v) is 2.68. The quantitative estimate of drug-likeness (QED) is 0.710. The zero-order valence-electron chi connectivity index (χ0n) is 13.7. The van der Waals surface area contributed by atoms with E-state index in [-0.39, 0.29) is 5.97 Å². The number of rotatable bonds is 9. The number of carbonyl (C=O) groups excluding carboxylic acids is 1. The Kier molecular flexibility index (Phi) is 7.40. The van der Waals surface area contributed by atoms with Crippen LogP contribution in [0.25, 0.3) is 0 Å². The smallest absolute Gasteiger partial charge is 0.330 e. The van der Waals surface area contributed by atoms with Gasteiger partial charge in [0.2, 0.25) is 0 Å². The Labute approximate surface area is 128 Å². The fourth-order valence-electron chi connectivity index (χ4n) is 2.68. The normalized spacial score (nSPS) is 14.0. The van der Waals surface area contributed by atoms with E-state index in [1.165, 1.54) is 7.11 Å². The highest BCUT2D eigenvalue weighted by Gasteiger charge is 2.40. The molecule has 0 saturated carbocycles. The van der Waals surface area contributed by atoms with Crippen molar-refractivity contribution in [3.8, 4) is 0 Å². The average molecular weight is 292 g/mol. The van der Waals surface area contributed by atoms with Crippen LogP contribution in [0.4, 0.5) is 0 Å². The molecule has 0 aromatic heterocycles. The molecular formula is C17H28N2O2. The van der Waals surface area contributed by atoms with Gasteiger partial charge in [0.15, 0.2) is 0 Å². The highest BCUT2D eigenvalue weighted by atomic mass is 16.5. The van der Waals surface area contributed by atoms with Gasteiger partial charge in [0.1, 0.15) is 5.54 Å². The number of likely N-dealkylation sites (N-methyl/N-ethyl adjacent to an activating group) is 1. The summed E-state index contributed by atoms with van der Waals surface area (Å²) in [4.78, 5) is 14.7. The Morgan fingerprint density at radius 2 is 1.90 bits per heavy atom. The molecule has 0 fully saturated rings. The summed E-state index contributed by atoms with van der Waals surface area (Å²) >= 11 is 0. The first kappa shape index (κ1) is 17.7. The molecule has 1 rings (SSSR count). The maximum atomic E-state index is 12.5. The highest BCUT2D eigenvalue weighted by molar-refractivity contribution is 5.82. The molecule has 0 heterocycles. The molecule has 4 heteroatoms. The predicted octanol–water partition coefficient (Wildman–Crippen LogP) is 2.40.